The van der Waals surface area contributed by atoms with E-state index in [-0.39, 0.29) is 0 Å². The van der Waals surface area contributed by atoms with Crippen molar-refractivity contribution in [3.63, 3.8) is 0 Å². The fraction of sp³-hybridized carbons (Fsp3) is 0. The Morgan fingerprint density at radius 3 is 2.82 bits per heavy atom. The third-order valence-electron chi connectivity index (χ3n) is 2.54. The summed E-state index contributed by atoms with van der Waals surface area (Å²) >= 11 is 6.13. The molecule has 0 radical (unpaired) electrons. The van der Waals surface area contributed by atoms with E-state index in [1.54, 1.807) is 18.3 Å². The van der Waals surface area contributed by atoms with Crippen LogP contribution in [0.4, 0.5) is 5.69 Å². The molecule has 84 valence electrons. The third-order valence-corrected chi connectivity index (χ3v) is 2.86. The van der Waals surface area contributed by atoms with Crippen LogP contribution in [0.1, 0.15) is 0 Å². The average molecular weight is 245 g/mol. The summed E-state index contributed by atoms with van der Waals surface area (Å²) in [6.45, 7) is 0. The predicted molar refractivity (Wildman–Crippen MR) is 68.7 cm³/mol. The first-order valence-electron chi connectivity index (χ1n) is 5.11. The number of pyridine rings is 1. The van der Waals surface area contributed by atoms with Crippen LogP contribution >= 0.6 is 11.6 Å². The van der Waals surface area contributed by atoms with Gasteiger partial charge in [-0.2, -0.15) is 0 Å². The molecule has 3 aromatic rings. The summed E-state index contributed by atoms with van der Waals surface area (Å²) in [6, 6.07) is 9.14. The van der Waals surface area contributed by atoms with Crippen molar-refractivity contribution in [3.05, 3.63) is 41.6 Å². The quantitative estimate of drug-likeness (QED) is 0.647. The Bertz CT molecular complexity index is 637. The zero-order valence-electron chi connectivity index (χ0n) is 8.81. The molecular weight excluding hydrogens is 236 g/mol. The molecule has 0 saturated heterocycles. The maximum atomic E-state index is 6.13. The number of hydrogen-bond donors (Lipinski definition) is 2. The Morgan fingerprint density at radius 1 is 1.18 bits per heavy atom. The minimum Gasteiger partial charge on any atom is -0.398 e. The molecule has 3 N–H and O–H groups in total. The molecule has 0 aliphatic carbocycles. The van der Waals surface area contributed by atoms with Gasteiger partial charge < -0.3 is 10.7 Å². The topological polar surface area (TPSA) is 67.6 Å². The van der Waals surface area contributed by atoms with Gasteiger partial charge in [0, 0.05) is 11.9 Å². The Morgan fingerprint density at radius 2 is 2.06 bits per heavy atom. The molecule has 0 unspecified atom stereocenters. The van der Waals surface area contributed by atoms with Gasteiger partial charge >= 0.3 is 0 Å². The van der Waals surface area contributed by atoms with Crippen LogP contribution in [-0.2, 0) is 0 Å². The Labute approximate surface area is 102 Å². The second-order valence-corrected chi connectivity index (χ2v) is 4.07. The number of benzene rings is 1. The van der Waals surface area contributed by atoms with E-state index >= 15 is 0 Å². The van der Waals surface area contributed by atoms with Crippen LogP contribution in [0.5, 0.6) is 0 Å². The molecule has 0 amide bonds. The fourth-order valence-corrected chi connectivity index (χ4v) is 2.03. The van der Waals surface area contributed by atoms with E-state index in [1.165, 1.54) is 0 Å². The molecular formula is C12H9ClN4. The maximum absolute atomic E-state index is 6.13. The van der Waals surface area contributed by atoms with Crippen molar-refractivity contribution >= 4 is 28.5 Å². The second-order valence-electron chi connectivity index (χ2n) is 3.66. The number of halogens is 1. The molecule has 0 aliphatic rings. The number of anilines is 1. The number of nitrogen functional groups attached to an aromatic ring is 1. The molecule has 17 heavy (non-hydrogen) atoms. The lowest BCUT2D eigenvalue weighted by Crippen LogP contribution is -1.91. The number of fused-ring (bicyclic) bond motifs is 1. The average Bonchev–Trinajstić information content (AvgIpc) is 2.71. The first-order valence-corrected chi connectivity index (χ1v) is 5.48. The molecule has 5 heteroatoms. The van der Waals surface area contributed by atoms with E-state index in [0.29, 0.717) is 27.7 Å². The number of nitrogens with zero attached hydrogens (tertiary/aromatic N) is 2. The first kappa shape index (κ1) is 10.1. The lowest BCUT2D eigenvalue weighted by atomic mass is 10.2. The minimum absolute atomic E-state index is 0.573. The van der Waals surface area contributed by atoms with Gasteiger partial charge in [0.1, 0.15) is 5.82 Å². The van der Waals surface area contributed by atoms with E-state index in [2.05, 4.69) is 15.0 Å². The summed E-state index contributed by atoms with van der Waals surface area (Å²) < 4.78 is 0. The van der Waals surface area contributed by atoms with Gasteiger partial charge in [-0.25, -0.2) is 9.97 Å². The van der Waals surface area contributed by atoms with Crippen LogP contribution in [-0.4, -0.2) is 15.0 Å². The standard InChI is InChI=1S/C12H9ClN4/c13-7-3-1-4-8(14)10(7)12-16-9-5-2-6-15-11(9)17-12/h1-6H,14H2,(H,15,16,17). The van der Waals surface area contributed by atoms with Gasteiger partial charge in [0.25, 0.3) is 0 Å². The fourth-order valence-electron chi connectivity index (χ4n) is 1.75. The molecule has 2 heterocycles. The number of aromatic amines is 1. The molecule has 0 bridgehead atoms. The van der Waals surface area contributed by atoms with Gasteiger partial charge in [0.2, 0.25) is 0 Å². The summed E-state index contributed by atoms with van der Waals surface area (Å²) in [6.07, 6.45) is 1.70. The summed E-state index contributed by atoms with van der Waals surface area (Å²) in [5, 5.41) is 0.573. The maximum Gasteiger partial charge on any atom is 0.178 e. The van der Waals surface area contributed by atoms with E-state index in [0.717, 1.165) is 5.52 Å². The second kappa shape index (κ2) is 3.75. The van der Waals surface area contributed by atoms with E-state index < -0.39 is 0 Å². The van der Waals surface area contributed by atoms with E-state index in [1.807, 2.05) is 18.2 Å². The summed E-state index contributed by atoms with van der Waals surface area (Å²) in [7, 11) is 0. The molecule has 0 aliphatic heterocycles. The summed E-state index contributed by atoms with van der Waals surface area (Å²) in [4.78, 5) is 11.7. The molecule has 0 spiro atoms. The number of H-pyrrole nitrogens is 1. The van der Waals surface area contributed by atoms with Crippen LogP contribution in [0.25, 0.3) is 22.6 Å². The van der Waals surface area contributed by atoms with Crippen LogP contribution in [0, 0.1) is 0 Å². The number of nitrogens with two attached hydrogens (primary N) is 1. The number of hydrogen-bond acceptors (Lipinski definition) is 3. The van der Waals surface area contributed by atoms with Crippen molar-refractivity contribution in [1.29, 1.82) is 0 Å². The molecule has 0 atom stereocenters. The van der Waals surface area contributed by atoms with Gasteiger partial charge in [-0.15, -0.1) is 0 Å². The lowest BCUT2D eigenvalue weighted by Gasteiger charge is -2.03. The number of aromatic nitrogens is 3. The molecule has 0 saturated carbocycles. The van der Waals surface area contributed by atoms with Gasteiger partial charge in [-0.1, -0.05) is 17.7 Å². The molecule has 1 aromatic carbocycles. The SMILES string of the molecule is Nc1cccc(Cl)c1-c1nc2ncccc2[nH]1. The van der Waals surface area contributed by atoms with Crippen LogP contribution < -0.4 is 5.73 Å². The number of rotatable bonds is 1. The van der Waals surface area contributed by atoms with Crippen molar-refractivity contribution in [2.24, 2.45) is 0 Å². The van der Waals surface area contributed by atoms with Gasteiger partial charge in [-0.3, -0.25) is 0 Å². The Hall–Kier alpha value is -2.07. The van der Waals surface area contributed by atoms with E-state index in [4.69, 9.17) is 17.3 Å². The van der Waals surface area contributed by atoms with Crippen LogP contribution in [0.3, 0.4) is 0 Å². The predicted octanol–water partition coefficient (Wildman–Crippen LogP) is 2.86. The van der Waals surface area contributed by atoms with Crippen LogP contribution in [0.15, 0.2) is 36.5 Å². The van der Waals surface area contributed by atoms with Crippen molar-refractivity contribution in [2.75, 3.05) is 5.73 Å². The zero-order valence-corrected chi connectivity index (χ0v) is 9.57. The normalized spacial score (nSPS) is 10.9. The Balaban J connectivity index is 2.27. The summed E-state index contributed by atoms with van der Waals surface area (Å²) in [5.41, 5.74) is 8.74. The molecule has 3 rings (SSSR count). The number of imidazole rings is 1. The lowest BCUT2D eigenvalue weighted by molar-refractivity contribution is 1.30. The molecule has 0 fully saturated rings. The van der Waals surface area contributed by atoms with Crippen LogP contribution in [0.2, 0.25) is 5.02 Å². The monoisotopic (exact) mass is 244 g/mol. The van der Waals surface area contributed by atoms with Crippen molar-refractivity contribution in [1.82, 2.24) is 15.0 Å². The van der Waals surface area contributed by atoms with Crippen molar-refractivity contribution < 1.29 is 0 Å². The highest BCUT2D eigenvalue weighted by Gasteiger charge is 2.12. The smallest absolute Gasteiger partial charge is 0.178 e. The van der Waals surface area contributed by atoms with E-state index in [9.17, 15) is 0 Å². The first-order chi connectivity index (χ1) is 8.25. The molecule has 4 nitrogen and oxygen atoms in total. The summed E-state index contributed by atoms with van der Waals surface area (Å²) in [5.74, 6) is 0.641. The van der Waals surface area contributed by atoms with Gasteiger partial charge in [-0.05, 0) is 24.3 Å². The zero-order chi connectivity index (χ0) is 11.8. The molecule has 2 aromatic heterocycles. The van der Waals surface area contributed by atoms with Crippen molar-refractivity contribution in [3.8, 4) is 11.4 Å². The highest BCUT2D eigenvalue weighted by atomic mass is 35.5. The highest BCUT2D eigenvalue weighted by molar-refractivity contribution is 6.33. The number of nitrogens with one attached hydrogen (secondary N) is 1. The third kappa shape index (κ3) is 1.62. The minimum atomic E-state index is 0.573. The highest BCUT2D eigenvalue weighted by Crippen LogP contribution is 2.31. The van der Waals surface area contributed by atoms with Gasteiger partial charge in [0.15, 0.2) is 5.65 Å². The van der Waals surface area contributed by atoms with Crippen molar-refractivity contribution in [2.45, 2.75) is 0 Å². The largest absolute Gasteiger partial charge is 0.398 e. The Kier molecular flexibility index (Phi) is 2.23. The van der Waals surface area contributed by atoms with Gasteiger partial charge in [0.05, 0.1) is 16.1 Å².